The number of benzene rings is 1. The molecule has 1 nitrogen and oxygen atoms in total. The van der Waals surface area contributed by atoms with Crippen molar-refractivity contribution in [2.75, 3.05) is 6.54 Å². The summed E-state index contributed by atoms with van der Waals surface area (Å²) in [6.07, 6.45) is 0. The Kier molecular flexibility index (Phi) is 3.69. The summed E-state index contributed by atoms with van der Waals surface area (Å²) in [5.41, 5.74) is 2.82. The molecule has 3 rings (SSSR count). The van der Waals surface area contributed by atoms with E-state index >= 15 is 0 Å². The normalized spacial score (nSPS) is 12.9. The highest BCUT2D eigenvalue weighted by Crippen LogP contribution is 2.35. The molecular weight excluding hydrogens is 270 g/mol. The molecule has 1 unspecified atom stereocenters. The predicted molar refractivity (Wildman–Crippen MR) is 86.4 cm³/mol. The van der Waals surface area contributed by atoms with Gasteiger partial charge in [0.25, 0.3) is 0 Å². The molecule has 0 aliphatic carbocycles. The lowest BCUT2D eigenvalue weighted by molar-refractivity contribution is 0.635. The highest BCUT2D eigenvalue weighted by atomic mass is 32.1. The van der Waals surface area contributed by atoms with Gasteiger partial charge >= 0.3 is 0 Å². The van der Waals surface area contributed by atoms with Crippen molar-refractivity contribution in [2.24, 2.45) is 0 Å². The van der Waals surface area contributed by atoms with Gasteiger partial charge in [-0.15, -0.1) is 22.7 Å². The molecule has 0 saturated heterocycles. The minimum Gasteiger partial charge on any atom is -0.306 e. The lowest BCUT2D eigenvalue weighted by Crippen LogP contribution is -2.21. The summed E-state index contributed by atoms with van der Waals surface area (Å²) >= 11 is 3.66. The first kappa shape index (κ1) is 12.9. The highest BCUT2D eigenvalue weighted by molar-refractivity contribution is 7.17. The Labute approximate surface area is 121 Å². The Morgan fingerprint density at radius 2 is 1.95 bits per heavy atom. The summed E-state index contributed by atoms with van der Waals surface area (Å²) in [5, 5.41) is 9.50. The van der Waals surface area contributed by atoms with E-state index in [4.69, 9.17) is 0 Å². The lowest BCUT2D eigenvalue weighted by atomic mass is 9.99. The lowest BCUT2D eigenvalue weighted by Gasteiger charge is -2.18. The van der Waals surface area contributed by atoms with Crippen molar-refractivity contribution >= 4 is 32.8 Å². The van der Waals surface area contributed by atoms with Gasteiger partial charge in [0, 0.05) is 9.58 Å². The molecule has 1 N–H and O–H groups in total. The number of hydrogen-bond acceptors (Lipinski definition) is 3. The molecule has 1 atom stereocenters. The zero-order valence-corrected chi connectivity index (χ0v) is 12.8. The molecule has 19 heavy (non-hydrogen) atoms. The first-order valence-electron chi connectivity index (χ1n) is 6.54. The Morgan fingerprint density at radius 3 is 2.68 bits per heavy atom. The Bertz CT molecular complexity index is 681. The average Bonchev–Trinajstić information content (AvgIpc) is 3.03. The molecule has 0 radical (unpaired) electrons. The van der Waals surface area contributed by atoms with Gasteiger partial charge in [0.2, 0.25) is 0 Å². The zero-order valence-electron chi connectivity index (χ0n) is 11.1. The summed E-state index contributed by atoms with van der Waals surface area (Å²) in [6.45, 7) is 5.35. The monoisotopic (exact) mass is 287 g/mol. The minimum absolute atomic E-state index is 0.312. The van der Waals surface area contributed by atoms with Gasteiger partial charge in [0.05, 0.1) is 6.04 Å². The molecule has 2 heterocycles. The summed E-state index contributed by atoms with van der Waals surface area (Å²) in [7, 11) is 0. The third-order valence-electron chi connectivity index (χ3n) is 3.44. The molecule has 3 heteroatoms. The first-order chi connectivity index (χ1) is 9.31. The molecule has 1 aromatic carbocycles. The van der Waals surface area contributed by atoms with Crippen LogP contribution in [0.1, 0.15) is 29.0 Å². The second-order valence-corrected chi connectivity index (χ2v) is 6.64. The van der Waals surface area contributed by atoms with Crippen molar-refractivity contribution < 1.29 is 0 Å². The quantitative estimate of drug-likeness (QED) is 0.714. The number of nitrogens with one attached hydrogen (secondary N) is 1. The molecule has 0 spiro atoms. The summed E-state index contributed by atoms with van der Waals surface area (Å²) in [4.78, 5) is 1.40. The van der Waals surface area contributed by atoms with Gasteiger partial charge in [-0.2, -0.15) is 0 Å². The molecule has 0 aliphatic rings. The molecule has 0 amide bonds. The van der Waals surface area contributed by atoms with Crippen LogP contribution in [0.25, 0.3) is 10.1 Å². The second-order valence-electron chi connectivity index (χ2n) is 4.61. The van der Waals surface area contributed by atoms with E-state index in [1.165, 1.54) is 26.1 Å². The van der Waals surface area contributed by atoms with E-state index in [0.717, 1.165) is 6.54 Å². The summed E-state index contributed by atoms with van der Waals surface area (Å²) in [6, 6.07) is 11.2. The van der Waals surface area contributed by atoms with Gasteiger partial charge in [-0.25, -0.2) is 0 Å². The number of fused-ring (bicyclic) bond motifs is 1. The third kappa shape index (κ3) is 2.34. The number of aryl methyl sites for hydroxylation is 1. The van der Waals surface area contributed by atoms with Crippen LogP contribution in [0.3, 0.4) is 0 Å². The standard InChI is InChI=1S/C16H17NS2/c1-3-17-16(12-8-9-18-11(12)2)14-10-19-15-7-5-4-6-13(14)15/h4-10,16-17H,3H2,1-2H3. The third-order valence-corrected chi connectivity index (χ3v) is 5.28. The minimum atomic E-state index is 0.312. The van der Waals surface area contributed by atoms with Crippen molar-refractivity contribution in [2.45, 2.75) is 19.9 Å². The van der Waals surface area contributed by atoms with E-state index in [9.17, 15) is 0 Å². The fourth-order valence-electron chi connectivity index (χ4n) is 2.51. The molecular formula is C16H17NS2. The first-order valence-corrected chi connectivity index (χ1v) is 8.30. The fourth-order valence-corrected chi connectivity index (χ4v) is 4.24. The smallest absolute Gasteiger partial charge is 0.0601 e. The van der Waals surface area contributed by atoms with E-state index < -0.39 is 0 Å². The van der Waals surface area contributed by atoms with Crippen LogP contribution in [-0.2, 0) is 0 Å². The van der Waals surface area contributed by atoms with Crippen molar-refractivity contribution in [3.8, 4) is 0 Å². The Hall–Kier alpha value is -1.16. The van der Waals surface area contributed by atoms with Crippen molar-refractivity contribution in [1.29, 1.82) is 0 Å². The SMILES string of the molecule is CCNC(c1ccsc1C)c1csc2ccccc12. The molecule has 3 aromatic rings. The fraction of sp³-hybridized carbons (Fsp3) is 0.250. The van der Waals surface area contributed by atoms with Gasteiger partial charge in [-0.1, -0.05) is 25.1 Å². The van der Waals surface area contributed by atoms with E-state index in [2.05, 4.69) is 60.3 Å². The van der Waals surface area contributed by atoms with Crippen LogP contribution in [-0.4, -0.2) is 6.54 Å². The molecule has 0 aliphatic heterocycles. The van der Waals surface area contributed by atoms with Gasteiger partial charge < -0.3 is 5.32 Å². The van der Waals surface area contributed by atoms with Gasteiger partial charge in [0.1, 0.15) is 0 Å². The van der Waals surface area contributed by atoms with Crippen LogP contribution in [0.4, 0.5) is 0 Å². The molecule has 0 bridgehead atoms. The van der Waals surface area contributed by atoms with Gasteiger partial charge in [-0.05, 0) is 52.9 Å². The van der Waals surface area contributed by atoms with Crippen LogP contribution in [0.2, 0.25) is 0 Å². The topological polar surface area (TPSA) is 12.0 Å². The van der Waals surface area contributed by atoms with E-state index in [0.29, 0.717) is 6.04 Å². The van der Waals surface area contributed by atoms with Gasteiger partial charge in [0.15, 0.2) is 0 Å². The zero-order chi connectivity index (χ0) is 13.2. The van der Waals surface area contributed by atoms with Crippen LogP contribution >= 0.6 is 22.7 Å². The highest BCUT2D eigenvalue weighted by Gasteiger charge is 2.19. The number of rotatable bonds is 4. The molecule has 0 fully saturated rings. The van der Waals surface area contributed by atoms with Crippen LogP contribution in [0, 0.1) is 6.92 Å². The Balaban J connectivity index is 2.12. The van der Waals surface area contributed by atoms with Crippen LogP contribution < -0.4 is 5.32 Å². The van der Waals surface area contributed by atoms with E-state index in [-0.39, 0.29) is 0 Å². The maximum Gasteiger partial charge on any atom is 0.0601 e. The van der Waals surface area contributed by atoms with E-state index in [1.54, 1.807) is 0 Å². The summed E-state index contributed by atoms with van der Waals surface area (Å²) in [5.74, 6) is 0. The second kappa shape index (κ2) is 5.45. The molecule has 0 saturated carbocycles. The van der Waals surface area contributed by atoms with Crippen molar-refractivity contribution in [1.82, 2.24) is 5.32 Å². The molecule has 2 aromatic heterocycles. The maximum absolute atomic E-state index is 3.63. The Morgan fingerprint density at radius 1 is 1.11 bits per heavy atom. The maximum atomic E-state index is 3.63. The van der Waals surface area contributed by atoms with Crippen LogP contribution in [0.15, 0.2) is 41.1 Å². The number of hydrogen-bond donors (Lipinski definition) is 1. The van der Waals surface area contributed by atoms with Crippen molar-refractivity contribution in [3.05, 3.63) is 57.1 Å². The largest absolute Gasteiger partial charge is 0.306 e. The molecule has 98 valence electrons. The predicted octanol–water partition coefficient (Wildman–Crippen LogP) is 4.97. The number of thiophene rings is 2. The van der Waals surface area contributed by atoms with Crippen LogP contribution in [0.5, 0.6) is 0 Å². The summed E-state index contributed by atoms with van der Waals surface area (Å²) < 4.78 is 1.37. The average molecular weight is 287 g/mol. The van der Waals surface area contributed by atoms with Crippen molar-refractivity contribution in [3.63, 3.8) is 0 Å². The van der Waals surface area contributed by atoms with E-state index in [1.807, 2.05) is 22.7 Å². The van der Waals surface area contributed by atoms with Gasteiger partial charge in [-0.3, -0.25) is 0 Å².